The van der Waals surface area contributed by atoms with Gasteiger partial charge in [-0.3, -0.25) is 0 Å². The minimum absolute atomic E-state index is 0.268. The number of benzene rings is 2. The first-order valence-electron chi connectivity index (χ1n) is 9.85. The molecule has 0 saturated carbocycles. The van der Waals surface area contributed by atoms with Crippen molar-refractivity contribution in [3.63, 3.8) is 0 Å². The quantitative estimate of drug-likeness (QED) is 0.629. The molecule has 0 unspecified atom stereocenters. The minimum atomic E-state index is -0.553. The number of carbonyl (C=O) groups excluding carboxylic acids is 1. The molecular weight excluding hydrogens is 403 g/mol. The molecule has 0 saturated heterocycles. The Bertz CT molecular complexity index is 974. The highest BCUT2D eigenvalue weighted by Crippen LogP contribution is 2.37. The zero-order valence-corrected chi connectivity index (χ0v) is 18.1. The van der Waals surface area contributed by atoms with Crippen LogP contribution in [0.3, 0.4) is 0 Å². The highest BCUT2D eigenvalue weighted by Gasteiger charge is 2.32. The third kappa shape index (κ3) is 5.21. The van der Waals surface area contributed by atoms with Crippen LogP contribution in [0.25, 0.3) is 0 Å². The van der Waals surface area contributed by atoms with Crippen LogP contribution in [0.2, 0.25) is 0 Å². The van der Waals surface area contributed by atoms with Gasteiger partial charge in [-0.2, -0.15) is 0 Å². The van der Waals surface area contributed by atoms with Gasteiger partial charge in [-0.1, -0.05) is 42.1 Å². The molecule has 30 heavy (non-hydrogen) atoms. The number of nitrogens with one attached hydrogen (secondary N) is 1. The van der Waals surface area contributed by atoms with Crippen molar-refractivity contribution in [2.75, 3.05) is 13.2 Å². The van der Waals surface area contributed by atoms with Crippen molar-refractivity contribution in [1.29, 1.82) is 0 Å². The molecule has 0 fully saturated rings. The topological polar surface area (TPSA) is 59.9 Å². The van der Waals surface area contributed by atoms with Crippen LogP contribution in [0.1, 0.15) is 37.9 Å². The molecule has 0 bridgehead atoms. The molecule has 1 heterocycles. The lowest BCUT2D eigenvalue weighted by Gasteiger charge is -2.27. The third-order valence-corrected chi connectivity index (χ3v) is 5.45. The van der Waals surface area contributed by atoms with Crippen LogP contribution in [0.15, 0.2) is 64.8 Å². The summed E-state index contributed by atoms with van der Waals surface area (Å²) in [7, 11) is 0. The number of thioether (sulfide) groups is 1. The van der Waals surface area contributed by atoms with E-state index in [4.69, 9.17) is 14.5 Å². The molecule has 0 spiro atoms. The number of nitrogens with zero attached hydrogens (tertiary/aromatic N) is 1. The van der Waals surface area contributed by atoms with Crippen molar-refractivity contribution < 1.29 is 18.7 Å². The van der Waals surface area contributed by atoms with Crippen molar-refractivity contribution >= 4 is 22.9 Å². The third-order valence-electron chi connectivity index (χ3n) is 4.49. The molecule has 1 aliphatic rings. The fraction of sp³-hybridized carbons (Fsp3) is 0.304. The Kier molecular flexibility index (Phi) is 7.52. The summed E-state index contributed by atoms with van der Waals surface area (Å²) < 4.78 is 24.5. The van der Waals surface area contributed by atoms with Crippen LogP contribution < -0.4 is 10.1 Å². The number of halogens is 1. The number of amidine groups is 1. The summed E-state index contributed by atoms with van der Waals surface area (Å²) in [6.07, 6.45) is 0. The number of allylic oxidation sites excluding steroid dienone is 1. The Morgan fingerprint density at radius 2 is 1.97 bits per heavy atom. The lowest BCUT2D eigenvalue weighted by atomic mass is 9.96. The van der Waals surface area contributed by atoms with E-state index >= 15 is 0 Å². The molecule has 5 nitrogen and oxygen atoms in total. The van der Waals surface area contributed by atoms with E-state index in [1.807, 2.05) is 44.2 Å². The van der Waals surface area contributed by atoms with Gasteiger partial charge in [-0.05, 0) is 44.5 Å². The number of hydrogen-bond donors (Lipinski definition) is 1. The maximum atomic E-state index is 13.5. The van der Waals surface area contributed by atoms with E-state index in [0.29, 0.717) is 34.5 Å². The van der Waals surface area contributed by atoms with Gasteiger partial charge in [0.25, 0.3) is 0 Å². The van der Waals surface area contributed by atoms with Crippen LogP contribution in [-0.4, -0.2) is 24.4 Å². The van der Waals surface area contributed by atoms with Gasteiger partial charge in [0.05, 0.1) is 18.8 Å². The largest absolute Gasteiger partial charge is 0.494 e. The maximum absolute atomic E-state index is 13.5. The first-order valence-corrected chi connectivity index (χ1v) is 10.8. The van der Waals surface area contributed by atoms with E-state index in [0.717, 1.165) is 11.1 Å². The molecule has 158 valence electrons. The number of para-hydroxylation sites is 1. The van der Waals surface area contributed by atoms with Crippen LogP contribution in [0.4, 0.5) is 4.39 Å². The van der Waals surface area contributed by atoms with Gasteiger partial charge >= 0.3 is 5.97 Å². The van der Waals surface area contributed by atoms with E-state index in [1.165, 1.54) is 23.9 Å². The number of carbonyl (C=O) groups is 1. The van der Waals surface area contributed by atoms with Gasteiger partial charge in [0, 0.05) is 17.0 Å². The molecule has 0 aliphatic carbocycles. The summed E-state index contributed by atoms with van der Waals surface area (Å²) in [4.78, 5) is 17.5. The average molecular weight is 429 g/mol. The molecule has 1 aliphatic heterocycles. The Labute approximate surface area is 180 Å². The minimum Gasteiger partial charge on any atom is -0.494 e. The number of esters is 1. The highest BCUT2D eigenvalue weighted by molar-refractivity contribution is 8.13. The summed E-state index contributed by atoms with van der Waals surface area (Å²) >= 11 is 1.45. The SMILES string of the molecule is CCOC(=O)C1=C(C)NC(SCc2cccc(F)c2)=N[C@H]1c1ccccc1OCC. The molecule has 0 amide bonds. The summed E-state index contributed by atoms with van der Waals surface area (Å²) in [6.45, 7) is 6.30. The molecule has 7 heteroatoms. The predicted molar refractivity (Wildman–Crippen MR) is 118 cm³/mol. The summed E-state index contributed by atoms with van der Waals surface area (Å²) in [5.41, 5.74) is 2.79. The van der Waals surface area contributed by atoms with E-state index in [1.54, 1.807) is 13.0 Å². The molecular formula is C23H25FN2O3S. The fourth-order valence-corrected chi connectivity index (χ4v) is 4.08. The highest BCUT2D eigenvalue weighted by atomic mass is 32.2. The molecule has 2 aromatic carbocycles. The number of rotatable bonds is 7. The molecule has 1 N–H and O–H groups in total. The number of ether oxygens (including phenoxy) is 2. The second kappa shape index (κ2) is 10.3. The Hall–Kier alpha value is -2.80. The second-order valence-corrected chi connectivity index (χ2v) is 7.57. The Morgan fingerprint density at radius 1 is 1.17 bits per heavy atom. The van der Waals surface area contributed by atoms with Gasteiger partial charge in [0.1, 0.15) is 17.6 Å². The van der Waals surface area contributed by atoms with Crippen molar-refractivity contribution in [2.24, 2.45) is 4.99 Å². The predicted octanol–water partition coefficient (Wildman–Crippen LogP) is 5.00. The van der Waals surface area contributed by atoms with Crippen LogP contribution in [0.5, 0.6) is 5.75 Å². The first-order chi connectivity index (χ1) is 14.5. The first kappa shape index (κ1) is 21.9. The Morgan fingerprint density at radius 3 is 2.70 bits per heavy atom. The van der Waals surface area contributed by atoms with Crippen molar-refractivity contribution in [1.82, 2.24) is 5.32 Å². The Balaban J connectivity index is 1.94. The van der Waals surface area contributed by atoms with Gasteiger partial charge in [-0.25, -0.2) is 14.2 Å². The summed E-state index contributed by atoms with van der Waals surface area (Å²) in [6, 6.07) is 13.5. The molecule has 0 radical (unpaired) electrons. The van der Waals surface area contributed by atoms with Gasteiger partial charge < -0.3 is 14.8 Å². The molecule has 0 aromatic heterocycles. The molecule has 3 rings (SSSR count). The maximum Gasteiger partial charge on any atom is 0.338 e. The zero-order chi connectivity index (χ0) is 21.5. The van der Waals surface area contributed by atoms with Crippen molar-refractivity contribution in [2.45, 2.75) is 32.6 Å². The lowest BCUT2D eigenvalue weighted by molar-refractivity contribution is -0.138. The number of aliphatic imine (C=N–C) groups is 1. The van der Waals surface area contributed by atoms with Crippen LogP contribution in [0, 0.1) is 5.82 Å². The van der Waals surface area contributed by atoms with E-state index < -0.39 is 12.0 Å². The van der Waals surface area contributed by atoms with Gasteiger partial charge in [-0.15, -0.1) is 0 Å². The van der Waals surface area contributed by atoms with E-state index in [9.17, 15) is 9.18 Å². The van der Waals surface area contributed by atoms with Gasteiger partial charge in [0.2, 0.25) is 0 Å². The molecule has 1 atom stereocenters. The standard InChI is InChI=1S/C23H25FN2O3S/c1-4-28-19-12-7-6-11-18(19)21-20(22(27)29-5-2)15(3)25-23(26-21)30-14-16-9-8-10-17(24)13-16/h6-13,21H,4-5,14H2,1-3H3,(H,25,26)/t21-/m0/s1. The monoisotopic (exact) mass is 428 g/mol. The van der Waals surface area contributed by atoms with E-state index in [-0.39, 0.29) is 12.4 Å². The van der Waals surface area contributed by atoms with Gasteiger partial charge in [0.15, 0.2) is 5.17 Å². The zero-order valence-electron chi connectivity index (χ0n) is 17.3. The summed E-state index contributed by atoms with van der Waals surface area (Å²) in [5, 5.41) is 3.85. The van der Waals surface area contributed by atoms with Crippen molar-refractivity contribution in [3.8, 4) is 5.75 Å². The lowest BCUT2D eigenvalue weighted by Crippen LogP contribution is -2.30. The van der Waals surface area contributed by atoms with E-state index in [2.05, 4.69) is 5.32 Å². The molecule has 2 aromatic rings. The number of hydrogen-bond acceptors (Lipinski definition) is 6. The van der Waals surface area contributed by atoms with Crippen LogP contribution >= 0.6 is 11.8 Å². The van der Waals surface area contributed by atoms with Crippen LogP contribution in [-0.2, 0) is 15.3 Å². The van der Waals surface area contributed by atoms with Crippen molar-refractivity contribution in [3.05, 3.63) is 76.7 Å². The normalized spacial score (nSPS) is 16.0. The summed E-state index contributed by atoms with van der Waals surface area (Å²) in [5.74, 6) is 0.554. The second-order valence-electron chi connectivity index (χ2n) is 6.61. The average Bonchev–Trinajstić information content (AvgIpc) is 2.72. The fourth-order valence-electron chi connectivity index (χ4n) is 3.19. The smallest absolute Gasteiger partial charge is 0.338 e.